The van der Waals surface area contributed by atoms with E-state index >= 15 is 0 Å². The first kappa shape index (κ1) is 21.0. The van der Waals surface area contributed by atoms with Crippen molar-refractivity contribution in [1.29, 1.82) is 0 Å². The van der Waals surface area contributed by atoms with Gasteiger partial charge in [-0.1, -0.05) is 13.3 Å². The predicted molar refractivity (Wildman–Crippen MR) is 103 cm³/mol. The third-order valence-electron chi connectivity index (χ3n) is 4.78. The van der Waals surface area contributed by atoms with Crippen molar-refractivity contribution in [1.82, 2.24) is 24.4 Å². The van der Waals surface area contributed by atoms with Crippen molar-refractivity contribution in [3.8, 4) is 0 Å². The van der Waals surface area contributed by atoms with Crippen LogP contribution in [0.5, 0.6) is 0 Å². The zero-order valence-electron chi connectivity index (χ0n) is 15.5. The molecule has 0 saturated carbocycles. The second-order valence-corrected chi connectivity index (χ2v) is 9.05. The van der Waals surface area contributed by atoms with Crippen LogP contribution in [0.4, 0.5) is 0 Å². The van der Waals surface area contributed by atoms with Gasteiger partial charge in [0.15, 0.2) is 4.77 Å². The minimum Gasteiger partial charge on any atom is -0.355 e. The average Bonchev–Trinajstić information content (AvgIpc) is 2.99. The molecule has 2 rings (SSSR count). The molecule has 8 nitrogen and oxygen atoms in total. The van der Waals surface area contributed by atoms with Gasteiger partial charge in [0, 0.05) is 38.5 Å². The molecule has 0 aromatic carbocycles. The summed E-state index contributed by atoms with van der Waals surface area (Å²) in [5, 5.41) is 9.88. The van der Waals surface area contributed by atoms with Crippen LogP contribution in [0.1, 0.15) is 45.4 Å². The fraction of sp³-hybridized carbons (Fsp3) is 0.812. The van der Waals surface area contributed by atoms with E-state index in [1.54, 1.807) is 0 Å². The summed E-state index contributed by atoms with van der Waals surface area (Å²) >= 11 is 5.15. The molecule has 0 unspecified atom stereocenters. The number of unbranched alkanes of at least 4 members (excludes halogenated alkanes) is 1. The number of piperidine rings is 1. The Bertz CT molecular complexity index is 748. The number of carbonyl (C=O) groups is 1. The summed E-state index contributed by atoms with van der Waals surface area (Å²) < 4.78 is 28.5. The average molecular weight is 404 g/mol. The molecule has 2 N–H and O–H groups in total. The smallest absolute Gasteiger partial charge is 0.223 e. The highest BCUT2D eigenvalue weighted by Crippen LogP contribution is 2.20. The molecule has 26 heavy (non-hydrogen) atoms. The van der Waals surface area contributed by atoms with Crippen LogP contribution in [-0.4, -0.2) is 58.8 Å². The van der Waals surface area contributed by atoms with Gasteiger partial charge in [-0.15, -0.1) is 0 Å². The van der Waals surface area contributed by atoms with E-state index in [2.05, 4.69) is 15.5 Å². The van der Waals surface area contributed by atoms with Gasteiger partial charge in [0.1, 0.15) is 5.82 Å². The van der Waals surface area contributed by atoms with Crippen LogP contribution in [0.25, 0.3) is 0 Å². The van der Waals surface area contributed by atoms with Crippen molar-refractivity contribution >= 4 is 28.1 Å². The fourth-order valence-electron chi connectivity index (χ4n) is 3.16. The van der Waals surface area contributed by atoms with Crippen LogP contribution in [0.2, 0.25) is 0 Å². The van der Waals surface area contributed by atoms with E-state index in [4.69, 9.17) is 12.2 Å². The highest BCUT2D eigenvalue weighted by Gasteiger charge is 2.30. The molecule has 10 heteroatoms. The Labute approximate surface area is 160 Å². The normalized spacial score (nSPS) is 16.7. The summed E-state index contributed by atoms with van der Waals surface area (Å²) in [6.07, 6.45) is 3.30. The van der Waals surface area contributed by atoms with Gasteiger partial charge in [0.2, 0.25) is 15.9 Å². The highest BCUT2D eigenvalue weighted by molar-refractivity contribution is 7.89. The van der Waals surface area contributed by atoms with Gasteiger partial charge in [-0.05, 0) is 38.4 Å². The molecule has 1 saturated heterocycles. The summed E-state index contributed by atoms with van der Waals surface area (Å²) in [6, 6.07) is 0. The van der Waals surface area contributed by atoms with E-state index in [-0.39, 0.29) is 17.6 Å². The van der Waals surface area contributed by atoms with Crippen LogP contribution in [0, 0.1) is 10.7 Å². The molecule has 1 fully saturated rings. The molecule has 0 spiro atoms. The lowest BCUT2D eigenvalue weighted by Crippen LogP contribution is -2.44. The van der Waals surface area contributed by atoms with Gasteiger partial charge in [-0.25, -0.2) is 12.7 Å². The number of rotatable bonds is 9. The Kier molecular flexibility index (Phi) is 7.78. The maximum absolute atomic E-state index is 12.3. The van der Waals surface area contributed by atoms with Crippen LogP contribution >= 0.6 is 12.2 Å². The lowest BCUT2D eigenvalue weighted by atomic mass is 9.97. The SMILES string of the molecule is CCCCS(=O)(=O)N1CCC(C(=O)NCCc2n[nH]c(=S)n2CC)CC1. The molecular formula is C16H29N5O3S2. The van der Waals surface area contributed by atoms with Crippen LogP contribution in [-0.2, 0) is 27.8 Å². The first-order valence-corrected chi connectivity index (χ1v) is 11.3. The van der Waals surface area contributed by atoms with Gasteiger partial charge in [0.05, 0.1) is 5.75 Å². The zero-order chi connectivity index (χ0) is 19.2. The van der Waals surface area contributed by atoms with Crippen molar-refractivity contribution in [3.63, 3.8) is 0 Å². The minimum atomic E-state index is -3.18. The number of carbonyl (C=O) groups excluding carboxylic acids is 1. The quantitative estimate of drug-likeness (QED) is 0.608. The molecule has 1 aliphatic heterocycles. The second-order valence-electron chi connectivity index (χ2n) is 6.57. The van der Waals surface area contributed by atoms with Crippen molar-refractivity contribution in [2.45, 2.75) is 52.5 Å². The largest absolute Gasteiger partial charge is 0.355 e. The Balaban J connectivity index is 1.77. The number of nitrogens with zero attached hydrogens (tertiary/aromatic N) is 3. The number of nitrogens with one attached hydrogen (secondary N) is 2. The zero-order valence-corrected chi connectivity index (χ0v) is 17.2. The van der Waals surface area contributed by atoms with Gasteiger partial charge in [0.25, 0.3) is 0 Å². The van der Waals surface area contributed by atoms with E-state index < -0.39 is 10.0 Å². The topological polar surface area (TPSA) is 100 Å². The van der Waals surface area contributed by atoms with E-state index in [1.165, 1.54) is 4.31 Å². The summed E-state index contributed by atoms with van der Waals surface area (Å²) in [5.41, 5.74) is 0. The summed E-state index contributed by atoms with van der Waals surface area (Å²) in [6.45, 7) is 6.07. The van der Waals surface area contributed by atoms with Crippen molar-refractivity contribution in [2.75, 3.05) is 25.4 Å². The number of hydrogen-bond donors (Lipinski definition) is 2. The lowest BCUT2D eigenvalue weighted by molar-refractivity contribution is -0.126. The minimum absolute atomic E-state index is 0.00668. The highest BCUT2D eigenvalue weighted by atomic mass is 32.2. The van der Waals surface area contributed by atoms with Crippen molar-refractivity contribution in [2.24, 2.45) is 5.92 Å². The Morgan fingerprint density at radius 2 is 2.04 bits per heavy atom. The monoisotopic (exact) mass is 403 g/mol. The van der Waals surface area contributed by atoms with Gasteiger partial charge >= 0.3 is 0 Å². The van der Waals surface area contributed by atoms with E-state index in [0.717, 1.165) is 18.8 Å². The van der Waals surface area contributed by atoms with Crippen LogP contribution in [0.15, 0.2) is 0 Å². The Hall–Kier alpha value is -1.26. The third-order valence-corrected chi connectivity index (χ3v) is 7.04. The molecule has 2 heterocycles. The molecule has 1 aromatic heterocycles. The van der Waals surface area contributed by atoms with Crippen molar-refractivity contribution < 1.29 is 13.2 Å². The standard InChI is InChI=1S/C16H29N5O3S2/c1-3-5-12-26(23,24)20-10-7-13(8-11-20)15(22)17-9-6-14-18-19-16(25)21(14)4-2/h13H,3-12H2,1-2H3,(H,17,22)(H,19,25). The van der Waals surface area contributed by atoms with E-state index in [9.17, 15) is 13.2 Å². The lowest BCUT2D eigenvalue weighted by Gasteiger charge is -2.30. The molecular weight excluding hydrogens is 374 g/mol. The second kappa shape index (κ2) is 9.61. The van der Waals surface area contributed by atoms with Crippen LogP contribution in [0.3, 0.4) is 0 Å². The number of H-pyrrole nitrogens is 1. The third kappa shape index (κ3) is 5.37. The van der Waals surface area contributed by atoms with Crippen LogP contribution < -0.4 is 5.32 Å². The summed E-state index contributed by atoms with van der Waals surface area (Å²) in [4.78, 5) is 12.3. The first-order valence-electron chi connectivity index (χ1n) is 9.28. The summed E-state index contributed by atoms with van der Waals surface area (Å²) in [7, 11) is -3.18. The Morgan fingerprint density at radius 1 is 1.35 bits per heavy atom. The fourth-order valence-corrected chi connectivity index (χ4v) is 5.12. The predicted octanol–water partition coefficient (Wildman–Crippen LogP) is 1.46. The number of amides is 1. The maximum atomic E-state index is 12.3. The van der Waals surface area contributed by atoms with Gasteiger partial charge < -0.3 is 9.88 Å². The van der Waals surface area contributed by atoms with Crippen molar-refractivity contribution in [3.05, 3.63) is 10.6 Å². The van der Waals surface area contributed by atoms with Gasteiger partial charge in [-0.2, -0.15) is 5.10 Å². The molecule has 1 aliphatic rings. The number of sulfonamides is 1. The molecule has 0 atom stereocenters. The summed E-state index contributed by atoms with van der Waals surface area (Å²) in [5.74, 6) is 0.897. The number of aromatic amines is 1. The number of aromatic nitrogens is 3. The van der Waals surface area contributed by atoms with E-state index in [1.807, 2.05) is 18.4 Å². The molecule has 0 radical (unpaired) electrons. The first-order chi connectivity index (χ1) is 12.4. The maximum Gasteiger partial charge on any atom is 0.223 e. The van der Waals surface area contributed by atoms with Gasteiger partial charge in [-0.3, -0.25) is 9.89 Å². The number of hydrogen-bond acceptors (Lipinski definition) is 5. The molecule has 1 amide bonds. The van der Waals surface area contributed by atoms with E-state index in [0.29, 0.717) is 50.1 Å². The molecule has 1 aromatic rings. The molecule has 0 bridgehead atoms. The molecule has 0 aliphatic carbocycles. The molecule has 148 valence electrons. The Morgan fingerprint density at radius 3 is 2.65 bits per heavy atom.